The number of anilines is 2. The SMILES string of the molecule is CNC(=O)CCc1cccc(C(=O)Nc2n[nH]c(=S)s2)c1N. The second-order valence-corrected chi connectivity index (χ2v) is 6.09. The van der Waals surface area contributed by atoms with E-state index in [1.54, 1.807) is 25.2 Å². The maximum atomic E-state index is 12.2. The maximum absolute atomic E-state index is 12.2. The molecule has 116 valence electrons. The molecule has 2 rings (SSSR count). The molecule has 22 heavy (non-hydrogen) atoms. The number of H-pyrrole nitrogens is 1. The summed E-state index contributed by atoms with van der Waals surface area (Å²) in [6.45, 7) is 0. The molecule has 0 saturated carbocycles. The first-order valence-electron chi connectivity index (χ1n) is 6.46. The average molecular weight is 337 g/mol. The molecular formula is C13H15N5O2S2. The minimum Gasteiger partial charge on any atom is -0.398 e. The molecule has 0 saturated heterocycles. The summed E-state index contributed by atoms with van der Waals surface area (Å²) in [6.07, 6.45) is 0.778. The molecule has 0 bridgehead atoms. The largest absolute Gasteiger partial charge is 0.398 e. The predicted octanol–water partition coefficient (Wildman–Crippen LogP) is 1.71. The number of aromatic amines is 1. The van der Waals surface area contributed by atoms with Gasteiger partial charge >= 0.3 is 0 Å². The van der Waals surface area contributed by atoms with Crippen LogP contribution in [0.25, 0.3) is 0 Å². The van der Waals surface area contributed by atoms with Crippen molar-refractivity contribution >= 4 is 46.2 Å². The summed E-state index contributed by atoms with van der Waals surface area (Å²) in [4.78, 5) is 23.5. The van der Waals surface area contributed by atoms with Crippen LogP contribution in [0.4, 0.5) is 10.8 Å². The van der Waals surface area contributed by atoms with Crippen LogP contribution in [-0.4, -0.2) is 29.1 Å². The van der Waals surface area contributed by atoms with Crippen LogP contribution in [0.5, 0.6) is 0 Å². The highest BCUT2D eigenvalue weighted by Crippen LogP contribution is 2.21. The number of carbonyl (C=O) groups excluding carboxylic acids is 2. The van der Waals surface area contributed by atoms with Crippen LogP contribution in [0, 0.1) is 3.95 Å². The summed E-state index contributed by atoms with van der Waals surface area (Å²) in [5, 5.41) is 12.0. The van der Waals surface area contributed by atoms with Crippen molar-refractivity contribution in [1.29, 1.82) is 0 Å². The highest BCUT2D eigenvalue weighted by molar-refractivity contribution is 7.73. The van der Waals surface area contributed by atoms with Gasteiger partial charge in [0.05, 0.1) is 5.56 Å². The van der Waals surface area contributed by atoms with Gasteiger partial charge in [-0.25, -0.2) is 0 Å². The number of aryl methyl sites for hydroxylation is 1. The molecule has 0 radical (unpaired) electrons. The van der Waals surface area contributed by atoms with Crippen LogP contribution < -0.4 is 16.4 Å². The quantitative estimate of drug-likeness (QED) is 0.490. The van der Waals surface area contributed by atoms with Gasteiger partial charge in [-0.2, -0.15) is 0 Å². The van der Waals surface area contributed by atoms with Gasteiger partial charge in [-0.15, -0.1) is 5.10 Å². The zero-order chi connectivity index (χ0) is 16.1. The first kappa shape index (κ1) is 16.1. The third kappa shape index (κ3) is 3.89. The number of hydrogen-bond acceptors (Lipinski definition) is 6. The molecule has 1 aromatic heterocycles. The fourth-order valence-corrected chi connectivity index (χ4v) is 2.63. The lowest BCUT2D eigenvalue weighted by atomic mass is 10.0. The zero-order valence-corrected chi connectivity index (χ0v) is 13.4. The van der Waals surface area contributed by atoms with E-state index in [1.807, 2.05) is 0 Å². The number of aromatic nitrogens is 2. The fourth-order valence-electron chi connectivity index (χ4n) is 1.85. The Hall–Kier alpha value is -2.26. The number of amides is 2. The summed E-state index contributed by atoms with van der Waals surface area (Å²) in [6, 6.07) is 5.16. The van der Waals surface area contributed by atoms with Crippen molar-refractivity contribution in [1.82, 2.24) is 15.5 Å². The van der Waals surface area contributed by atoms with Crippen LogP contribution in [0.3, 0.4) is 0 Å². The lowest BCUT2D eigenvalue weighted by Gasteiger charge is -2.10. The smallest absolute Gasteiger partial charge is 0.259 e. The second-order valence-electron chi connectivity index (χ2n) is 4.42. The van der Waals surface area contributed by atoms with E-state index in [2.05, 4.69) is 20.8 Å². The molecule has 9 heteroatoms. The molecule has 2 amide bonds. The van der Waals surface area contributed by atoms with E-state index >= 15 is 0 Å². The van der Waals surface area contributed by atoms with Crippen LogP contribution in [-0.2, 0) is 11.2 Å². The van der Waals surface area contributed by atoms with Crippen LogP contribution in [0.2, 0.25) is 0 Å². The van der Waals surface area contributed by atoms with Gasteiger partial charge < -0.3 is 11.1 Å². The summed E-state index contributed by atoms with van der Waals surface area (Å²) in [7, 11) is 1.58. The number of nitrogens with two attached hydrogens (primary N) is 1. The molecule has 0 spiro atoms. The van der Waals surface area contributed by atoms with E-state index in [0.717, 1.165) is 16.9 Å². The van der Waals surface area contributed by atoms with Gasteiger partial charge in [0.25, 0.3) is 5.91 Å². The van der Waals surface area contributed by atoms with E-state index in [-0.39, 0.29) is 11.8 Å². The molecule has 0 aliphatic carbocycles. The molecule has 2 aromatic rings. The van der Waals surface area contributed by atoms with Crippen LogP contribution in [0.1, 0.15) is 22.3 Å². The molecular weight excluding hydrogens is 322 g/mol. The first-order valence-corrected chi connectivity index (χ1v) is 7.68. The van der Waals surface area contributed by atoms with Crippen molar-refractivity contribution in [2.24, 2.45) is 0 Å². The normalized spacial score (nSPS) is 10.2. The Morgan fingerprint density at radius 3 is 2.86 bits per heavy atom. The topological polar surface area (TPSA) is 113 Å². The number of para-hydroxylation sites is 1. The number of nitrogens with zero attached hydrogens (tertiary/aromatic N) is 1. The van der Waals surface area contributed by atoms with Gasteiger partial charge in [0.1, 0.15) is 0 Å². The first-order chi connectivity index (χ1) is 10.5. The molecule has 0 unspecified atom stereocenters. The van der Waals surface area contributed by atoms with E-state index in [9.17, 15) is 9.59 Å². The molecule has 7 nitrogen and oxygen atoms in total. The van der Waals surface area contributed by atoms with E-state index in [0.29, 0.717) is 33.2 Å². The Morgan fingerprint density at radius 2 is 2.23 bits per heavy atom. The maximum Gasteiger partial charge on any atom is 0.259 e. The predicted molar refractivity (Wildman–Crippen MR) is 88.5 cm³/mol. The van der Waals surface area contributed by atoms with Crippen molar-refractivity contribution in [3.8, 4) is 0 Å². The monoisotopic (exact) mass is 337 g/mol. The fraction of sp³-hybridized carbons (Fsp3) is 0.231. The molecule has 0 aliphatic rings. The van der Waals surface area contributed by atoms with E-state index in [4.69, 9.17) is 18.0 Å². The number of nitrogens with one attached hydrogen (secondary N) is 3. The van der Waals surface area contributed by atoms with Gasteiger partial charge in [-0.3, -0.25) is 20.0 Å². The van der Waals surface area contributed by atoms with Gasteiger partial charge in [-0.05, 0) is 30.3 Å². The van der Waals surface area contributed by atoms with Gasteiger partial charge in [-0.1, -0.05) is 23.5 Å². The number of benzene rings is 1. The minimum absolute atomic E-state index is 0.0782. The van der Waals surface area contributed by atoms with Crippen molar-refractivity contribution in [3.63, 3.8) is 0 Å². The molecule has 5 N–H and O–H groups in total. The van der Waals surface area contributed by atoms with Crippen molar-refractivity contribution in [2.45, 2.75) is 12.8 Å². The molecule has 0 aliphatic heterocycles. The molecule has 0 fully saturated rings. The Balaban J connectivity index is 2.15. The Kier molecular flexibility index (Phi) is 5.23. The summed E-state index contributed by atoms with van der Waals surface area (Å²) in [5.41, 5.74) is 7.50. The Morgan fingerprint density at radius 1 is 1.45 bits per heavy atom. The van der Waals surface area contributed by atoms with E-state index < -0.39 is 0 Å². The van der Waals surface area contributed by atoms with Crippen molar-refractivity contribution in [3.05, 3.63) is 33.3 Å². The molecule has 0 atom stereocenters. The van der Waals surface area contributed by atoms with Crippen molar-refractivity contribution in [2.75, 3.05) is 18.1 Å². The average Bonchev–Trinajstić information content (AvgIpc) is 2.90. The Bertz CT molecular complexity index is 753. The lowest BCUT2D eigenvalue weighted by Crippen LogP contribution is -2.19. The molecule has 1 aromatic carbocycles. The number of rotatable bonds is 5. The zero-order valence-electron chi connectivity index (χ0n) is 11.8. The summed E-state index contributed by atoms with van der Waals surface area (Å²) < 4.78 is 0.475. The third-order valence-electron chi connectivity index (χ3n) is 3.00. The minimum atomic E-state index is -0.364. The summed E-state index contributed by atoms with van der Waals surface area (Å²) in [5.74, 6) is -0.442. The van der Waals surface area contributed by atoms with Gasteiger partial charge in [0.15, 0.2) is 3.95 Å². The van der Waals surface area contributed by atoms with Crippen molar-refractivity contribution < 1.29 is 9.59 Å². The standard InChI is InChI=1S/C13H15N5O2S2/c1-15-9(19)6-5-7-3-2-4-8(10(7)14)11(20)16-12-17-18-13(21)22-12/h2-4H,5-6,14H2,1H3,(H,15,19)(H,18,21)(H,16,17,20). The van der Waals surface area contributed by atoms with Gasteiger partial charge in [0.2, 0.25) is 11.0 Å². The lowest BCUT2D eigenvalue weighted by molar-refractivity contribution is -0.120. The number of carbonyl (C=O) groups is 2. The highest BCUT2D eigenvalue weighted by atomic mass is 32.1. The Labute approximate surface area is 135 Å². The highest BCUT2D eigenvalue weighted by Gasteiger charge is 2.14. The van der Waals surface area contributed by atoms with Crippen LogP contribution in [0.15, 0.2) is 18.2 Å². The van der Waals surface area contributed by atoms with Crippen LogP contribution >= 0.6 is 23.6 Å². The number of hydrogen-bond donors (Lipinski definition) is 4. The number of nitrogen functional groups attached to an aromatic ring is 1. The van der Waals surface area contributed by atoms with E-state index in [1.165, 1.54) is 0 Å². The molecule has 1 heterocycles. The summed E-state index contributed by atoms with van der Waals surface area (Å²) >= 11 is 6.07. The second kappa shape index (κ2) is 7.14. The van der Waals surface area contributed by atoms with Gasteiger partial charge in [0, 0.05) is 19.2 Å². The third-order valence-corrected chi connectivity index (χ3v) is 4.00.